The van der Waals surface area contributed by atoms with E-state index >= 15 is 0 Å². The third kappa shape index (κ3) is 4.43. The number of ether oxygens (including phenoxy) is 1. The minimum atomic E-state index is 0.0601. The molecule has 0 aliphatic heterocycles. The van der Waals surface area contributed by atoms with E-state index in [1.54, 1.807) is 7.11 Å². The third-order valence-corrected chi connectivity index (χ3v) is 1.42. The highest BCUT2D eigenvalue weighted by atomic mass is 16.5. The van der Waals surface area contributed by atoms with Crippen LogP contribution in [0.1, 0.15) is 26.2 Å². The quantitative estimate of drug-likeness (QED) is 0.608. The fraction of sp³-hybridized carbons (Fsp3) is 1.00. The van der Waals surface area contributed by atoms with Gasteiger partial charge in [0, 0.05) is 7.11 Å². The predicted molar refractivity (Wildman–Crippen MR) is 37.4 cm³/mol. The molecule has 0 spiro atoms. The molecule has 1 unspecified atom stereocenters. The summed E-state index contributed by atoms with van der Waals surface area (Å²) in [5.41, 5.74) is 0. The second kappa shape index (κ2) is 6.05. The van der Waals surface area contributed by atoms with E-state index in [1.807, 2.05) is 0 Å². The maximum absolute atomic E-state index is 8.63. The summed E-state index contributed by atoms with van der Waals surface area (Å²) in [6, 6.07) is 0. The summed E-state index contributed by atoms with van der Waals surface area (Å²) in [5.74, 6) is 0. The molecule has 0 aliphatic rings. The van der Waals surface area contributed by atoms with Crippen LogP contribution in [0.3, 0.4) is 0 Å². The minimum absolute atomic E-state index is 0.0601. The van der Waals surface area contributed by atoms with E-state index in [1.165, 1.54) is 6.42 Å². The van der Waals surface area contributed by atoms with E-state index in [9.17, 15) is 0 Å². The van der Waals surface area contributed by atoms with Crippen molar-refractivity contribution in [3.05, 3.63) is 0 Å². The Morgan fingerprint density at radius 1 is 1.56 bits per heavy atom. The maximum Gasteiger partial charge on any atom is 0.0802 e. The van der Waals surface area contributed by atoms with Crippen molar-refractivity contribution in [3.63, 3.8) is 0 Å². The Balaban J connectivity index is 3.09. The highest BCUT2D eigenvalue weighted by Gasteiger charge is 2.02. The number of aliphatic hydroxyl groups excluding tert-OH is 1. The van der Waals surface area contributed by atoms with Gasteiger partial charge in [-0.1, -0.05) is 19.8 Å². The van der Waals surface area contributed by atoms with Crippen molar-refractivity contribution in [2.24, 2.45) is 0 Å². The van der Waals surface area contributed by atoms with E-state index in [0.717, 1.165) is 12.8 Å². The van der Waals surface area contributed by atoms with Crippen LogP contribution in [0.2, 0.25) is 0 Å². The molecule has 0 heterocycles. The highest BCUT2D eigenvalue weighted by molar-refractivity contribution is 4.53. The molecule has 0 rings (SSSR count). The zero-order chi connectivity index (χ0) is 7.11. The van der Waals surface area contributed by atoms with Gasteiger partial charge < -0.3 is 9.84 Å². The van der Waals surface area contributed by atoms with Crippen molar-refractivity contribution in [1.29, 1.82) is 0 Å². The molecule has 1 N–H and O–H groups in total. The number of aliphatic hydroxyl groups is 1. The molecule has 0 saturated carbocycles. The molecule has 0 bridgehead atoms. The maximum atomic E-state index is 8.63. The summed E-state index contributed by atoms with van der Waals surface area (Å²) in [6.07, 6.45) is 3.34. The van der Waals surface area contributed by atoms with E-state index in [4.69, 9.17) is 9.84 Å². The van der Waals surface area contributed by atoms with Gasteiger partial charge in [0.1, 0.15) is 0 Å². The summed E-state index contributed by atoms with van der Waals surface area (Å²) >= 11 is 0. The van der Waals surface area contributed by atoms with Crippen LogP contribution in [0, 0.1) is 0 Å². The Hall–Kier alpha value is -0.0800. The fourth-order valence-electron chi connectivity index (χ4n) is 0.715. The topological polar surface area (TPSA) is 29.5 Å². The first kappa shape index (κ1) is 8.92. The van der Waals surface area contributed by atoms with E-state index in [0.29, 0.717) is 0 Å². The summed E-state index contributed by atoms with van der Waals surface area (Å²) in [7, 11) is 1.64. The van der Waals surface area contributed by atoms with E-state index < -0.39 is 0 Å². The highest BCUT2D eigenvalue weighted by Crippen LogP contribution is 2.01. The van der Waals surface area contributed by atoms with Gasteiger partial charge in [0.25, 0.3) is 0 Å². The lowest BCUT2D eigenvalue weighted by Gasteiger charge is -2.09. The van der Waals surface area contributed by atoms with Gasteiger partial charge in [-0.25, -0.2) is 0 Å². The van der Waals surface area contributed by atoms with Crippen molar-refractivity contribution in [2.45, 2.75) is 32.3 Å². The Morgan fingerprint density at radius 2 is 2.22 bits per heavy atom. The van der Waals surface area contributed by atoms with Gasteiger partial charge in [0.2, 0.25) is 0 Å². The SMILES string of the molecule is CCCCC(CO)OC. The molecule has 0 aromatic rings. The Labute approximate surface area is 56.8 Å². The lowest BCUT2D eigenvalue weighted by atomic mass is 10.2. The first-order valence-corrected chi connectivity index (χ1v) is 3.48. The molecule has 0 aromatic heterocycles. The normalized spacial score (nSPS) is 13.7. The van der Waals surface area contributed by atoms with Crippen LogP contribution >= 0.6 is 0 Å². The first-order valence-electron chi connectivity index (χ1n) is 3.48. The number of unbranched alkanes of at least 4 members (excludes halogenated alkanes) is 1. The predicted octanol–water partition coefficient (Wildman–Crippen LogP) is 1.18. The molecule has 0 saturated heterocycles. The zero-order valence-electron chi connectivity index (χ0n) is 6.26. The average Bonchev–Trinajstić information content (AvgIpc) is 1.91. The van der Waals surface area contributed by atoms with Crippen LogP contribution in [0.25, 0.3) is 0 Å². The standard InChI is InChI=1S/C7H16O2/c1-3-4-5-7(6-8)9-2/h7-8H,3-6H2,1-2H3. The van der Waals surface area contributed by atoms with Gasteiger partial charge in [-0.2, -0.15) is 0 Å². The third-order valence-electron chi connectivity index (χ3n) is 1.42. The molecule has 0 aliphatic carbocycles. The summed E-state index contributed by atoms with van der Waals surface area (Å²) < 4.78 is 4.95. The molecular formula is C7H16O2. The Bertz CT molecular complexity index is 50.9. The van der Waals surface area contributed by atoms with E-state index in [-0.39, 0.29) is 12.7 Å². The summed E-state index contributed by atoms with van der Waals surface area (Å²) in [6.45, 7) is 2.28. The summed E-state index contributed by atoms with van der Waals surface area (Å²) in [4.78, 5) is 0. The lowest BCUT2D eigenvalue weighted by molar-refractivity contribution is 0.0418. The molecule has 0 amide bonds. The van der Waals surface area contributed by atoms with Crippen LogP contribution in [-0.2, 0) is 4.74 Å². The van der Waals surface area contributed by atoms with Crippen molar-refractivity contribution in [2.75, 3.05) is 13.7 Å². The van der Waals surface area contributed by atoms with Gasteiger partial charge in [-0.15, -0.1) is 0 Å². The van der Waals surface area contributed by atoms with Crippen molar-refractivity contribution in [3.8, 4) is 0 Å². The summed E-state index contributed by atoms with van der Waals surface area (Å²) in [5, 5.41) is 8.63. The second-order valence-corrected chi connectivity index (χ2v) is 2.18. The molecule has 1 atom stereocenters. The Morgan fingerprint density at radius 3 is 2.56 bits per heavy atom. The zero-order valence-corrected chi connectivity index (χ0v) is 6.26. The molecule has 56 valence electrons. The number of hydrogen-bond acceptors (Lipinski definition) is 2. The Kier molecular flexibility index (Phi) is 5.99. The van der Waals surface area contributed by atoms with Crippen molar-refractivity contribution < 1.29 is 9.84 Å². The largest absolute Gasteiger partial charge is 0.394 e. The van der Waals surface area contributed by atoms with Gasteiger partial charge in [-0.05, 0) is 6.42 Å². The van der Waals surface area contributed by atoms with Gasteiger partial charge in [0.05, 0.1) is 12.7 Å². The smallest absolute Gasteiger partial charge is 0.0802 e. The van der Waals surface area contributed by atoms with Crippen LogP contribution in [-0.4, -0.2) is 24.9 Å². The monoisotopic (exact) mass is 132 g/mol. The van der Waals surface area contributed by atoms with Gasteiger partial charge in [-0.3, -0.25) is 0 Å². The van der Waals surface area contributed by atoms with Crippen LogP contribution in [0.15, 0.2) is 0 Å². The number of methoxy groups -OCH3 is 1. The molecule has 0 fully saturated rings. The number of hydrogen-bond donors (Lipinski definition) is 1. The molecule has 2 nitrogen and oxygen atoms in total. The van der Waals surface area contributed by atoms with Crippen LogP contribution in [0.4, 0.5) is 0 Å². The average molecular weight is 132 g/mol. The molecule has 0 aromatic carbocycles. The van der Waals surface area contributed by atoms with E-state index in [2.05, 4.69) is 6.92 Å². The van der Waals surface area contributed by atoms with Gasteiger partial charge in [0.15, 0.2) is 0 Å². The lowest BCUT2D eigenvalue weighted by Crippen LogP contribution is -2.14. The van der Waals surface area contributed by atoms with Crippen molar-refractivity contribution in [1.82, 2.24) is 0 Å². The molecule has 2 heteroatoms. The van der Waals surface area contributed by atoms with Crippen LogP contribution in [0.5, 0.6) is 0 Å². The second-order valence-electron chi connectivity index (χ2n) is 2.18. The fourth-order valence-corrected chi connectivity index (χ4v) is 0.715. The molecule has 0 radical (unpaired) electrons. The van der Waals surface area contributed by atoms with Crippen molar-refractivity contribution >= 4 is 0 Å². The molecular weight excluding hydrogens is 116 g/mol. The minimum Gasteiger partial charge on any atom is -0.394 e. The van der Waals surface area contributed by atoms with Gasteiger partial charge >= 0.3 is 0 Å². The number of rotatable bonds is 5. The molecule has 9 heavy (non-hydrogen) atoms. The first-order chi connectivity index (χ1) is 4.35. The van der Waals surface area contributed by atoms with Crippen LogP contribution < -0.4 is 0 Å².